The third kappa shape index (κ3) is 3.02. The van der Waals surface area contributed by atoms with Crippen molar-refractivity contribution in [2.75, 3.05) is 9.62 Å². The minimum absolute atomic E-state index is 0.0665. The molecule has 11 heteroatoms. The predicted molar refractivity (Wildman–Crippen MR) is 112 cm³/mol. The number of hydrogen-bond donors (Lipinski definition) is 1. The molecule has 1 atom stereocenters. The van der Waals surface area contributed by atoms with Gasteiger partial charge in [-0.3, -0.25) is 14.4 Å². The van der Waals surface area contributed by atoms with Gasteiger partial charge in [-0.15, -0.1) is 15.3 Å². The lowest BCUT2D eigenvalue weighted by Crippen LogP contribution is -2.35. The van der Waals surface area contributed by atoms with Crippen LogP contribution in [0.3, 0.4) is 0 Å². The smallest absolute Gasteiger partial charge is 0.264 e. The van der Waals surface area contributed by atoms with Crippen LogP contribution in [0.15, 0.2) is 59.8 Å². The Bertz CT molecular complexity index is 1350. The van der Waals surface area contributed by atoms with Gasteiger partial charge in [-0.2, -0.15) is 4.52 Å². The highest BCUT2D eigenvalue weighted by atomic mass is 32.2. The molecule has 1 aliphatic rings. The van der Waals surface area contributed by atoms with Crippen LogP contribution < -0.4 is 9.62 Å². The Morgan fingerprint density at radius 3 is 2.87 bits per heavy atom. The molecule has 0 spiro atoms. The summed E-state index contributed by atoms with van der Waals surface area (Å²) in [4.78, 5) is 13.3. The largest absolute Gasteiger partial charge is 0.296 e. The highest BCUT2D eigenvalue weighted by Crippen LogP contribution is 2.36. The van der Waals surface area contributed by atoms with Crippen LogP contribution >= 0.6 is 11.3 Å². The number of carbonyl (C=O) groups is 1. The first-order chi connectivity index (χ1) is 14.4. The van der Waals surface area contributed by atoms with Crippen molar-refractivity contribution in [3.63, 3.8) is 0 Å². The van der Waals surface area contributed by atoms with Crippen molar-refractivity contribution in [3.05, 3.63) is 66.0 Å². The number of nitrogens with one attached hydrogen (secondary N) is 1. The summed E-state index contributed by atoms with van der Waals surface area (Å²) in [6.45, 7) is 1.88. The molecule has 152 valence electrons. The van der Waals surface area contributed by atoms with Crippen LogP contribution in [-0.2, 0) is 16.4 Å². The van der Waals surface area contributed by atoms with Crippen LogP contribution in [0.5, 0.6) is 0 Å². The van der Waals surface area contributed by atoms with Gasteiger partial charge in [0.25, 0.3) is 15.9 Å². The Morgan fingerprint density at radius 2 is 2.03 bits per heavy atom. The van der Waals surface area contributed by atoms with Crippen molar-refractivity contribution >= 4 is 43.0 Å². The first kappa shape index (κ1) is 18.7. The molecular formula is C19H16N6O3S2. The second-order valence-corrected chi connectivity index (χ2v) is 9.70. The summed E-state index contributed by atoms with van der Waals surface area (Å²) in [5.41, 5.74) is 1.90. The van der Waals surface area contributed by atoms with E-state index >= 15 is 0 Å². The van der Waals surface area contributed by atoms with Crippen LogP contribution in [0.1, 0.15) is 22.8 Å². The molecule has 9 nitrogen and oxygen atoms in total. The molecule has 3 heterocycles. The third-order valence-electron chi connectivity index (χ3n) is 4.91. The fourth-order valence-electron chi connectivity index (χ4n) is 3.59. The van der Waals surface area contributed by atoms with E-state index in [4.69, 9.17) is 0 Å². The lowest BCUT2D eigenvalue weighted by Gasteiger charge is -2.24. The van der Waals surface area contributed by atoms with Crippen molar-refractivity contribution in [2.45, 2.75) is 24.3 Å². The Hall–Kier alpha value is -3.31. The molecule has 1 N–H and O–H groups in total. The second-order valence-electron chi connectivity index (χ2n) is 6.93. The molecule has 2 aromatic carbocycles. The fraction of sp³-hybridized carbons (Fsp3) is 0.158. The molecule has 2 aromatic heterocycles. The van der Waals surface area contributed by atoms with E-state index in [2.05, 4.69) is 20.6 Å². The zero-order chi connectivity index (χ0) is 20.9. The number of carbonyl (C=O) groups excluding carboxylic acids is 1. The molecule has 0 radical (unpaired) electrons. The summed E-state index contributed by atoms with van der Waals surface area (Å²) in [5, 5.41) is 14.8. The normalized spacial score (nSPS) is 16.0. The molecule has 0 fully saturated rings. The zero-order valence-electron chi connectivity index (χ0n) is 15.8. The summed E-state index contributed by atoms with van der Waals surface area (Å²) in [6.07, 6.45) is 2.08. The monoisotopic (exact) mass is 440 g/mol. The molecule has 0 saturated heterocycles. The van der Waals surface area contributed by atoms with Crippen molar-refractivity contribution in [3.8, 4) is 0 Å². The Morgan fingerprint density at radius 1 is 1.20 bits per heavy atom. The minimum atomic E-state index is -3.82. The van der Waals surface area contributed by atoms with Gasteiger partial charge in [0.15, 0.2) is 0 Å². The number of fused-ring (bicyclic) bond motifs is 2. The molecule has 4 aromatic rings. The SMILES string of the molecule is CC1Cc2ccccc2N1S(=O)(=O)c1cccc(C(=O)Nc2nn3cnnc3s2)c1. The number of rotatable bonds is 4. The van der Waals surface area contributed by atoms with Gasteiger partial charge in [-0.1, -0.05) is 35.6 Å². The number of para-hydroxylation sites is 1. The van der Waals surface area contributed by atoms with Gasteiger partial charge < -0.3 is 0 Å². The first-order valence-electron chi connectivity index (χ1n) is 9.14. The maximum atomic E-state index is 13.4. The van der Waals surface area contributed by atoms with E-state index in [0.29, 0.717) is 22.2 Å². The molecule has 1 aliphatic heterocycles. The highest BCUT2D eigenvalue weighted by Gasteiger charge is 2.36. The maximum absolute atomic E-state index is 13.4. The van der Waals surface area contributed by atoms with Gasteiger partial charge in [0.05, 0.1) is 10.6 Å². The molecule has 0 aliphatic carbocycles. The van der Waals surface area contributed by atoms with E-state index in [1.807, 2.05) is 25.1 Å². The van der Waals surface area contributed by atoms with Gasteiger partial charge in [0.2, 0.25) is 10.1 Å². The Kier molecular flexibility index (Phi) is 4.29. The lowest BCUT2D eigenvalue weighted by atomic mass is 10.1. The average molecular weight is 441 g/mol. The fourth-order valence-corrected chi connectivity index (χ4v) is 6.05. The molecule has 1 unspecified atom stereocenters. The Labute approximate surface area is 176 Å². The molecule has 30 heavy (non-hydrogen) atoms. The number of anilines is 2. The van der Waals surface area contributed by atoms with Crippen LogP contribution in [0.2, 0.25) is 0 Å². The van der Waals surface area contributed by atoms with E-state index < -0.39 is 15.9 Å². The predicted octanol–water partition coefficient (Wildman–Crippen LogP) is 2.58. The second kappa shape index (κ2) is 6.89. The van der Waals surface area contributed by atoms with Crippen molar-refractivity contribution < 1.29 is 13.2 Å². The highest BCUT2D eigenvalue weighted by molar-refractivity contribution is 7.92. The van der Waals surface area contributed by atoms with Gasteiger partial charge in [-0.25, -0.2) is 8.42 Å². The molecule has 5 rings (SSSR count). The molecular weight excluding hydrogens is 424 g/mol. The van der Waals surface area contributed by atoms with E-state index in [0.717, 1.165) is 5.56 Å². The maximum Gasteiger partial charge on any atom is 0.264 e. The van der Waals surface area contributed by atoms with Crippen LogP contribution in [0.4, 0.5) is 10.8 Å². The summed E-state index contributed by atoms with van der Waals surface area (Å²) < 4.78 is 29.7. The standard InChI is InChI=1S/C19H16N6O3S2/c1-12-9-13-5-2-3-8-16(13)25(12)30(27,28)15-7-4-6-14(10-15)17(26)21-18-23-24-11-20-22-19(24)29-18/h2-8,10-12H,9H2,1H3,(H,21,23,26). The van der Waals surface area contributed by atoms with E-state index in [1.54, 1.807) is 18.2 Å². The van der Waals surface area contributed by atoms with Crippen LogP contribution in [-0.4, -0.2) is 40.2 Å². The van der Waals surface area contributed by atoms with Crippen LogP contribution in [0.25, 0.3) is 4.96 Å². The summed E-state index contributed by atoms with van der Waals surface area (Å²) in [6, 6.07) is 13.3. The molecule has 0 saturated carbocycles. The van der Waals surface area contributed by atoms with Crippen LogP contribution in [0, 0.1) is 0 Å². The molecule has 1 amide bonds. The topological polar surface area (TPSA) is 110 Å². The number of aromatic nitrogens is 4. The van der Waals surface area contributed by atoms with Gasteiger partial charge >= 0.3 is 0 Å². The number of hydrogen-bond acceptors (Lipinski definition) is 7. The van der Waals surface area contributed by atoms with Gasteiger partial charge in [-0.05, 0) is 43.2 Å². The minimum Gasteiger partial charge on any atom is -0.296 e. The number of nitrogens with zero attached hydrogens (tertiary/aromatic N) is 5. The van der Waals surface area contributed by atoms with E-state index in [1.165, 1.54) is 38.6 Å². The van der Waals surface area contributed by atoms with Gasteiger partial charge in [0.1, 0.15) is 6.33 Å². The first-order valence-corrected chi connectivity index (χ1v) is 11.4. The van der Waals surface area contributed by atoms with E-state index in [-0.39, 0.29) is 16.5 Å². The number of sulfonamides is 1. The lowest BCUT2D eigenvalue weighted by molar-refractivity contribution is 0.102. The summed E-state index contributed by atoms with van der Waals surface area (Å²) in [7, 11) is -3.82. The van der Waals surface area contributed by atoms with Crippen molar-refractivity contribution in [1.29, 1.82) is 0 Å². The quantitative estimate of drug-likeness (QED) is 0.522. The van der Waals surface area contributed by atoms with Crippen molar-refractivity contribution in [2.24, 2.45) is 0 Å². The summed E-state index contributed by atoms with van der Waals surface area (Å²) >= 11 is 1.17. The number of amides is 1. The average Bonchev–Trinajstić information content (AvgIpc) is 3.40. The number of benzene rings is 2. The zero-order valence-corrected chi connectivity index (χ0v) is 17.4. The molecule has 0 bridgehead atoms. The van der Waals surface area contributed by atoms with Gasteiger partial charge in [0, 0.05) is 11.6 Å². The van der Waals surface area contributed by atoms with Crippen molar-refractivity contribution in [1.82, 2.24) is 19.8 Å². The summed E-state index contributed by atoms with van der Waals surface area (Å²) in [5.74, 6) is -0.452. The van der Waals surface area contributed by atoms with E-state index in [9.17, 15) is 13.2 Å². The Balaban J connectivity index is 1.45. The third-order valence-corrected chi connectivity index (χ3v) is 7.66.